The Balaban J connectivity index is 2.19. The summed E-state index contributed by atoms with van der Waals surface area (Å²) in [5.41, 5.74) is 1.06. The van der Waals surface area contributed by atoms with Crippen molar-refractivity contribution >= 4 is 0 Å². The van der Waals surface area contributed by atoms with Gasteiger partial charge in [0.05, 0.1) is 13.2 Å². The van der Waals surface area contributed by atoms with E-state index in [-0.39, 0.29) is 0 Å². The summed E-state index contributed by atoms with van der Waals surface area (Å²) >= 11 is 0. The summed E-state index contributed by atoms with van der Waals surface area (Å²) in [6, 6.07) is 1.84. The van der Waals surface area contributed by atoms with Gasteiger partial charge >= 0.3 is 0 Å². The van der Waals surface area contributed by atoms with Crippen molar-refractivity contribution in [1.29, 1.82) is 0 Å². The third kappa shape index (κ3) is 1.91. The van der Waals surface area contributed by atoms with E-state index in [4.69, 9.17) is 9.47 Å². The largest absolute Gasteiger partial charge is 0.490 e. The van der Waals surface area contributed by atoms with Crippen LogP contribution in [0.5, 0.6) is 11.6 Å². The normalized spacial score (nSPS) is 15.5. The number of pyridine rings is 1. The molecule has 1 saturated carbocycles. The van der Waals surface area contributed by atoms with Gasteiger partial charge in [0.1, 0.15) is 5.75 Å². The van der Waals surface area contributed by atoms with Crippen LogP contribution in [0, 0.1) is 6.92 Å². The lowest BCUT2D eigenvalue weighted by Crippen LogP contribution is -1.99. The fourth-order valence-corrected chi connectivity index (χ4v) is 1.09. The standard InChI is InChI=1S/C10H13NO2/c1-7-6-11-10(12-2)5-9(7)13-8-3-4-8/h5-6,8H,3-4H2,1-2H3. The van der Waals surface area contributed by atoms with Gasteiger partial charge in [0, 0.05) is 17.8 Å². The average molecular weight is 179 g/mol. The molecule has 0 spiro atoms. The van der Waals surface area contributed by atoms with Crippen LogP contribution in [-0.4, -0.2) is 18.2 Å². The van der Waals surface area contributed by atoms with Crippen LogP contribution in [0.1, 0.15) is 18.4 Å². The molecule has 0 amide bonds. The second-order valence-electron chi connectivity index (χ2n) is 3.31. The van der Waals surface area contributed by atoms with Crippen LogP contribution in [0.15, 0.2) is 12.3 Å². The van der Waals surface area contributed by atoms with Gasteiger partial charge in [-0.15, -0.1) is 0 Å². The van der Waals surface area contributed by atoms with Crippen LogP contribution in [0.2, 0.25) is 0 Å². The highest BCUT2D eigenvalue weighted by atomic mass is 16.5. The van der Waals surface area contributed by atoms with E-state index in [9.17, 15) is 0 Å². The molecule has 0 aromatic carbocycles. The Bertz CT molecular complexity index is 308. The zero-order valence-electron chi connectivity index (χ0n) is 7.91. The van der Waals surface area contributed by atoms with Crippen LogP contribution in [-0.2, 0) is 0 Å². The van der Waals surface area contributed by atoms with Crippen molar-refractivity contribution < 1.29 is 9.47 Å². The number of hydrogen-bond donors (Lipinski definition) is 0. The summed E-state index contributed by atoms with van der Waals surface area (Å²) in [6.45, 7) is 1.99. The van der Waals surface area contributed by atoms with Crippen LogP contribution in [0.25, 0.3) is 0 Å². The first-order chi connectivity index (χ1) is 6.29. The molecular formula is C10H13NO2. The van der Waals surface area contributed by atoms with Crippen molar-refractivity contribution in [2.45, 2.75) is 25.9 Å². The van der Waals surface area contributed by atoms with Crippen molar-refractivity contribution in [2.24, 2.45) is 0 Å². The van der Waals surface area contributed by atoms with Crippen molar-refractivity contribution in [3.63, 3.8) is 0 Å². The quantitative estimate of drug-likeness (QED) is 0.710. The summed E-state index contributed by atoms with van der Waals surface area (Å²) in [5.74, 6) is 1.51. The minimum absolute atomic E-state index is 0.422. The highest BCUT2D eigenvalue weighted by Crippen LogP contribution is 2.30. The first-order valence-corrected chi connectivity index (χ1v) is 4.47. The summed E-state index contributed by atoms with van der Waals surface area (Å²) < 4.78 is 10.7. The monoisotopic (exact) mass is 179 g/mol. The second kappa shape index (κ2) is 3.24. The first-order valence-electron chi connectivity index (χ1n) is 4.47. The van der Waals surface area contributed by atoms with Gasteiger partial charge in [-0.2, -0.15) is 0 Å². The van der Waals surface area contributed by atoms with Crippen molar-refractivity contribution in [2.75, 3.05) is 7.11 Å². The average Bonchev–Trinajstić information content (AvgIpc) is 2.93. The minimum Gasteiger partial charge on any atom is -0.490 e. The highest BCUT2D eigenvalue weighted by Gasteiger charge is 2.24. The lowest BCUT2D eigenvalue weighted by Gasteiger charge is -2.08. The molecule has 0 unspecified atom stereocenters. The minimum atomic E-state index is 0.422. The molecular weight excluding hydrogens is 166 g/mol. The Morgan fingerprint density at radius 2 is 2.23 bits per heavy atom. The summed E-state index contributed by atoms with van der Waals surface area (Å²) in [7, 11) is 1.61. The fourth-order valence-electron chi connectivity index (χ4n) is 1.09. The maximum atomic E-state index is 5.68. The van der Waals surface area contributed by atoms with Gasteiger partial charge < -0.3 is 9.47 Å². The molecule has 3 heteroatoms. The predicted octanol–water partition coefficient (Wildman–Crippen LogP) is 1.94. The maximum Gasteiger partial charge on any atom is 0.216 e. The van der Waals surface area contributed by atoms with Crippen molar-refractivity contribution in [3.8, 4) is 11.6 Å². The number of nitrogens with zero attached hydrogens (tertiary/aromatic N) is 1. The van der Waals surface area contributed by atoms with Crippen LogP contribution in [0.3, 0.4) is 0 Å². The molecule has 70 valence electrons. The Morgan fingerprint density at radius 3 is 2.85 bits per heavy atom. The number of aromatic nitrogens is 1. The van der Waals surface area contributed by atoms with Crippen LogP contribution in [0.4, 0.5) is 0 Å². The fraction of sp³-hybridized carbons (Fsp3) is 0.500. The lowest BCUT2D eigenvalue weighted by molar-refractivity contribution is 0.297. The van der Waals surface area contributed by atoms with Gasteiger partial charge in [0.15, 0.2) is 0 Å². The number of methoxy groups -OCH3 is 1. The Kier molecular flexibility index (Phi) is 2.08. The molecule has 0 saturated heterocycles. The van der Waals surface area contributed by atoms with Gasteiger partial charge in [0.2, 0.25) is 5.88 Å². The predicted molar refractivity (Wildman–Crippen MR) is 49.2 cm³/mol. The topological polar surface area (TPSA) is 31.4 Å². The van der Waals surface area contributed by atoms with Crippen LogP contribution < -0.4 is 9.47 Å². The number of hydrogen-bond acceptors (Lipinski definition) is 3. The van der Waals surface area contributed by atoms with E-state index in [1.54, 1.807) is 13.3 Å². The zero-order chi connectivity index (χ0) is 9.26. The third-order valence-corrected chi connectivity index (χ3v) is 2.06. The van der Waals surface area contributed by atoms with E-state index in [1.807, 2.05) is 13.0 Å². The Hall–Kier alpha value is -1.25. The van der Waals surface area contributed by atoms with E-state index in [0.29, 0.717) is 12.0 Å². The smallest absolute Gasteiger partial charge is 0.216 e. The van der Waals surface area contributed by atoms with E-state index < -0.39 is 0 Å². The third-order valence-electron chi connectivity index (χ3n) is 2.06. The van der Waals surface area contributed by atoms with Crippen molar-refractivity contribution in [1.82, 2.24) is 4.98 Å². The molecule has 0 radical (unpaired) electrons. The van der Waals surface area contributed by atoms with Crippen molar-refractivity contribution in [3.05, 3.63) is 17.8 Å². The van der Waals surface area contributed by atoms with Gasteiger partial charge in [-0.3, -0.25) is 0 Å². The molecule has 1 aliphatic rings. The summed E-state index contributed by atoms with van der Waals surface area (Å²) in [4.78, 5) is 4.08. The molecule has 1 aromatic rings. The van der Waals surface area contributed by atoms with Gasteiger partial charge in [0.25, 0.3) is 0 Å². The summed E-state index contributed by atoms with van der Waals surface area (Å²) in [5, 5.41) is 0. The maximum absolute atomic E-state index is 5.68. The second-order valence-corrected chi connectivity index (χ2v) is 3.31. The number of aryl methyl sites for hydroxylation is 1. The highest BCUT2D eigenvalue weighted by molar-refractivity contribution is 5.34. The van der Waals surface area contributed by atoms with Gasteiger partial charge in [-0.25, -0.2) is 4.98 Å². The summed E-state index contributed by atoms with van der Waals surface area (Å²) in [6.07, 6.45) is 4.54. The molecule has 0 bridgehead atoms. The molecule has 1 heterocycles. The van der Waals surface area contributed by atoms with E-state index in [0.717, 1.165) is 11.3 Å². The molecule has 0 N–H and O–H groups in total. The lowest BCUT2D eigenvalue weighted by atomic mass is 10.3. The van der Waals surface area contributed by atoms with Crippen LogP contribution >= 0.6 is 0 Å². The first kappa shape index (κ1) is 8.35. The van der Waals surface area contributed by atoms with E-state index in [2.05, 4.69) is 4.98 Å². The van der Waals surface area contributed by atoms with Gasteiger partial charge in [-0.05, 0) is 19.8 Å². The zero-order valence-corrected chi connectivity index (χ0v) is 7.91. The van der Waals surface area contributed by atoms with E-state index >= 15 is 0 Å². The Labute approximate surface area is 77.7 Å². The molecule has 1 aromatic heterocycles. The molecule has 13 heavy (non-hydrogen) atoms. The Morgan fingerprint density at radius 1 is 1.46 bits per heavy atom. The number of rotatable bonds is 3. The number of ether oxygens (including phenoxy) is 2. The van der Waals surface area contributed by atoms with Gasteiger partial charge in [-0.1, -0.05) is 0 Å². The molecule has 2 rings (SSSR count). The van der Waals surface area contributed by atoms with E-state index in [1.165, 1.54) is 12.8 Å². The molecule has 1 aliphatic carbocycles. The molecule has 0 atom stereocenters. The molecule has 0 aliphatic heterocycles. The SMILES string of the molecule is COc1cc(OC2CC2)c(C)cn1. The molecule has 3 nitrogen and oxygen atoms in total. The molecule has 1 fully saturated rings.